The molecule has 1 fully saturated rings. The first-order chi connectivity index (χ1) is 11.7. The first-order valence-corrected chi connectivity index (χ1v) is 8.50. The Kier molecular flexibility index (Phi) is 5.69. The van der Waals surface area contributed by atoms with Gasteiger partial charge in [-0.25, -0.2) is 5.48 Å². The van der Waals surface area contributed by atoms with Crippen molar-refractivity contribution in [3.05, 3.63) is 29.8 Å². The molecular formula is C18H28N4O3. The minimum Gasteiger partial charge on any atom is -0.399 e. The fourth-order valence-corrected chi connectivity index (χ4v) is 3.42. The second kappa shape index (κ2) is 7.41. The van der Waals surface area contributed by atoms with Crippen LogP contribution in [-0.2, 0) is 4.79 Å². The van der Waals surface area contributed by atoms with Gasteiger partial charge in [-0.1, -0.05) is 20.8 Å². The van der Waals surface area contributed by atoms with Gasteiger partial charge in [-0.05, 0) is 42.0 Å². The standard InChI is InChI=1S/C18H28N4O3/c1-17(2,14-10-18(14,3)16(24)22-25)11-20-8-9-21-15(23)12-4-6-13(19)7-5-12/h4-7,14,20,25H,8-11,19H2,1-3H3,(H,21,23)(H,22,24). The molecule has 0 saturated heterocycles. The molecule has 1 saturated carbocycles. The van der Waals surface area contributed by atoms with Crippen LogP contribution in [-0.4, -0.2) is 36.7 Å². The smallest absolute Gasteiger partial charge is 0.251 e. The van der Waals surface area contributed by atoms with Gasteiger partial charge in [0.2, 0.25) is 5.91 Å². The van der Waals surface area contributed by atoms with Crippen molar-refractivity contribution < 1.29 is 14.8 Å². The summed E-state index contributed by atoms with van der Waals surface area (Å²) in [5.74, 6) is -0.235. The van der Waals surface area contributed by atoms with E-state index in [0.717, 1.165) is 13.0 Å². The van der Waals surface area contributed by atoms with E-state index in [0.29, 0.717) is 24.3 Å². The number of hydroxylamine groups is 1. The van der Waals surface area contributed by atoms with Crippen molar-refractivity contribution in [3.8, 4) is 0 Å². The molecular weight excluding hydrogens is 320 g/mol. The number of hydrogen-bond acceptors (Lipinski definition) is 5. The molecule has 2 amide bonds. The lowest BCUT2D eigenvalue weighted by Gasteiger charge is -2.27. The molecule has 2 atom stereocenters. The number of hydrogen-bond donors (Lipinski definition) is 5. The lowest BCUT2D eigenvalue weighted by molar-refractivity contribution is -0.135. The molecule has 1 aromatic carbocycles. The van der Waals surface area contributed by atoms with Crippen molar-refractivity contribution >= 4 is 17.5 Å². The van der Waals surface area contributed by atoms with E-state index in [1.165, 1.54) is 0 Å². The number of nitrogens with two attached hydrogens (primary N) is 1. The summed E-state index contributed by atoms with van der Waals surface area (Å²) in [6.45, 7) is 7.96. The zero-order chi connectivity index (χ0) is 18.7. The van der Waals surface area contributed by atoms with Crippen LogP contribution < -0.4 is 21.8 Å². The second-order valence-corrected chi connectivity index (χ2v) is 7.66. The molecule has 1 aromatic rings. The van der Waals surface area contributed by atoms with Crippen molar-refractivity contribution in [2.75, 3.05) is 25.4 Å². The Bertz CT molecular complexity index is 630. The highest BCUT2D eigenvalue weighted by Crippen LogP contribution is 2.60. The van der Waals surface area contributed by atoms with Crippen LogP contribution in [0.5, 0.6) is 0 Å². The fraction of sp³-hybridized carbons (Fsp3) is 0.556. The van der Waals surface area contributed by atoms with Gasteiger partial charge in [0.25, 0.3) is 5.91 Å². The molecule has 0 aromatic heterocycles. The number of rotatable bonds is 8. The molecule has 25 heavy (non-hydrogen) atoms. The van der Waals surface area contributed by atoms with Crippen molar-refractivity contribution in [3.63, 3.8) is 0 Å². The average molecular weight is 348 g/mol. The summed E-state index contributed by atoms with van der Waals surface area (Å²) in [6, 6.07) is 6.79. The highest BCUT2D eigenvalue weighted by molar-refractivity contribution is 5.94. The maximum atomic E-state index is 12.0. The molecule has 7 nitrogen and oxygen atoms in total. The van der Waals surface area contributed by atoms with E-state index in [-0.39, 0.29) is 23.1 Å². The number of anilines is 1. The summed E-state index contributed by atoms with van der Waals surface area (Å²) in [5, 5.41) is 15.0. The van der Waals surface area contributed by atoms with Crippen molar-refractivity contribution in [2.24, 2.45) is 16.7 Å². The third kappa shape index (κ3) is 4.49. The molecule has 1 aliphatic rings. The Morgan fingerprint density at radius 3 is 2.52 bits per heavy atom. The number of carbonyl (C=O) groups is 2. The van der Waals surface area contributed by atoms with Gasteiger partial charge in [0, 0.05) is 30.9 Å². The number of carbonyl (C=O) groups excluding carboxylic acids is 2. The molecule has 0 bridgehead atoms. The molecule has 0 heterocycles. The van der Waals surface area contributed by atoms with Crippen LogP contribution in [0.4, 0.5) is 5.69 Å². The molecule has 7 heteroatoms. The summed E-state index contributed by atoms with van der Waals surface area (Å²) < 4.78 is 0. The van der Waals surface area contributed by atoms with Crippen LogP contribution in [0.3, 0.4) is 0 Å². The van der Waals surface area contributed by atoms with E-state index in [1.54, 1.807) is 29.7 Å². The van der Waals surface area contributed by atoms with Gasteiger partial charge in [-0.15, -0.1) is 0 Å². The highest BCUT2D eigenvalue weighted by atomic mass is 16.5. The normalized spacial score (nSPS) is 22.3. The van der Waals surface area contributed by atoms with Crippen LogP contribution in [0.1, 0.15) is 37.6 Å². The molecule has 6 N–H and O–H groups in total. The van der Waals surface area contributed by atoms with Crippen LogP contribution in [0.2, 0.25) is 0 Å². The summed E-state index contributed by atoms with van der Waals surface area (Å²) >= 11 is 0. The number of benzene rings is 1. The molecule has 2 rings (SSSR count). The molecule has 0 aliphatic heterocycles. The van der Waals surface area contributed by atoms with Gasteiger partial charge in [0.1, 0.15) is 0 Å². The first kappa shape index (κ1) is 19.2. The van der Waals surface area contributed by atoms with E-state index in [4.69, 9.17) is 10.9 Å². The van der Waals surface area contributed by atoms with E-state index in [9.17, 15) is 9.59 Å². The Morgan fingerprint density at radius 2 is 1.92 bits per heavy atom. The number of nitrogens with one attached hydrogen (secondary N) is 3. The van der Waals surface area contributed by atoms with E-state index < -0.39 is 5.41 Å². The summed E-state index contributed by atoms with van der Waals surface area (Å²) in [6.07, 6.45) is 0.766. The maximum Gasteiger partial charge on any atom is 0.251 e. The Morgan fingerprint density at radius 1 is 1.28 bits per heavy atom. The van der Waals surface area contributed by atoms with Gasteiger partial charge < -0.3 is 16.4 Å². The van der Waals surface area contributed by atoms with Gasteiger partial charge in [-0.3, -0.25) is 14.8 Å². The predicted molar refractivity (Wildman–Crippen MR) is 96.0 cm³/mol. The Hall–Kier alpha value is -2.12. The van der Waals surface area contributed by atoms with Crippen LogP contribution >= 0.6 is 0 Å². The highest BCUT2D eigenvalue weighted by Gasteiger charge is 2.61. The quantitative estimate of drug-likeness (QED) is 0.209. The molecule has 1 aliphatic carbocycles. The second-order valence-electron chi connectivity index (χ2n) is 7.66. The summed E-state index contributed by atoms with van der Waals surface area (Å²) in [7, 11) is 0. The maximum absolute atomic E-state index is 12.0. The van der Waals surface area contributed by atoms with Crippen LogP contribution in [0, 0.1) is 16.7 Å². The summed E-state index contributed by atoms with van der Waals surface area (Å²) in [5.41, 5.74) is 8.00. The Balaban J connectivity index is 1.70. The van der Waals surface area contributed by atoms with Gasteiger partial charge >= 0.3 is 0 Å². The predicted octanol–water partition coefficient (Wildman–Crippen LogP) is 1.15. The van der Waals surface area contributed by atoms with E-state index in [1.807, 2.05) is 6.92 Å². The van der Waals surface area contributed by atoms with Gasteiger partial charge in [-0.2, -0.15) is 0 Å². The molecule has 138 valence electrons. The first-order valence-electron chi connectivity index (χ1n) is 8.50. The van der Waals surface area contributed by atoms with Crippen molar-refractivity contribution in [1.29, 1.82) is 0 Å². The minimum atomic E-state index is -0.497. The lowest BCUT2D eigenvalue weighted by Crippen LogP contribution is -2.39. The van der Waals surface area contributed by atoms with E-state index in [2.05, 4.69) is 24.5 Å². The average Bonchev–Trinajstić information content (AvgIpc) is 3.28. The van der Waals surface area contributed by atoms with Crippen molar-refractivity contribution in [2.45, 2.75) is 27.2 Å². The number of amides is 2. The van der Waals surface area contributed by atoms with E-state index >= 15 is 0 Å². The largest absolute Gasteiger partial charge is 0.399 e. The van der Waals surface area contributed by atoms with Gasteiger partial charge in [0.05, 0.1) is 5.41 Å². The molecule has 2 unspecified atom stereocenters. The fourth-order valence-electron chi connectivity index (χ4n) is 3.42. The molecule has 0 radical (unpaired) electrons. The number of nitrogen functional groups attached to an aromatic ring is 1. The van der Waals surface area contributed by atoms with Crippen LogP contribution in [0.15, 0.2) is 24.3 Å². The summed E-state index contributed by atoms with van der Waals surface area (Å²) in [4.78, 5) is 23.7. The topological polar surface area (TPSA) is 116 Å². The van der Waals surface area contributed by atoms with Crippen LogP contribution in [0.25, 0.3) is 0 Å². The van der Waals surface area contributed by atoms with Crippen molar-refractivity contribution in [1.82, 2.24) is 16.1 Å². The zero-order valence-corrected chi connectivity index (χ0v) is 15.1. The minimum absolute atomic E-state index is 0.0811. The third-order valence-electron chi connectivity index (χ3n) is 5.14. The monoisotopic (exact) mass is 348 g/mol. The SMILES string of the molecule is CC(C)(CNCCNC(=O)c1ccc(N)cc1)C1CC1(C)C(=O)NO. The zero-order valence-electron chi connectivity index (χ0n) is 15.1. The third-order valence-corrected chi connectivity index (χ3v) is 5.14. The van der Waals surface area contributed by atoms with Gasteiger partial charge in [0.15, 0.2) is 0 Å². The lowest BCUT2D eigenvalue weighted by atomic mass is 9.82. The molecule has 0 spiro atoms. The Labute approximate surface area is 148 Å².